The van der Waals surface area contributed by atoms with Crippen LogP contribution in [0.4, 0.5) is 0 Å². The molecule has 0 bridgehead atoms. The van der Waals surface area contributed by atoms with E-state index in [2.05, 4.69) is 62.4 Å². The number of allylic oxidation sites excluding steroid dienone is 2. The van der Waals surface area contributed by atoms with Crippen molar-refractivity contribution in [2.75, 3.05) is 0 Å². The summed E-state index contributed by atoms with van der Waals surface area (Å²) in [4.78, 5) is 14.8. The minimum absolute atomic E-state index is 0. The molecule has 3 aromatic carbocycles. The van der Waals surface area contributed by atoms with Crippen molar-refractivity contribution in [3.05, 3.63) is 88.8 Å². The zero-order valence-electron chi connectivity index (χ0n) is 21.6. The molecule has 1 aliphatic rings. The SMILES string of the molecule is CC(=O)/C=C(/C)O.Cc1c[c-]c(-c2nccc3cc4sc5cc6c(cc5c4cc23)CCCC6)cc1C.[Ir]. The van der Waals surface area contributed by atoms with E-state index in [1.165, 1.54) is 87.7 Å². The minimum Gasteiger partial charge on any atom is -0.512 e. The molecule has 5 aromatic rings. The number of ketones is 1. The van der Waals surface area contributed by atoms with Gasteiger partial charge in [-0.3, -0.25) is 4.79 Å². The second kappa shape index (κ2) is 11.3. The predicted molar refractivity (Wildman–Crippen MR) is 152 cm³/mol. The number of hydrogen-bond donors (Lipinski definition) is 1. The van der Waals surface area contributed by atoms with Gasteiger partial charge in [0, 0.05) is 52.6 Å². The van der Waals surface area contributed by atoms with Gasteiger partial charge in [-0.25, -0.2) is 0 Å². The van der Waals surface area contributed by atoms with Crippen LogP contribution >= 0.6 is 11.3 Å². The van der Waals surface area contributed by atoms with E-state index < -0.39 is 0 Å². The summed E-state index contributed by atoms with van der Waals surface area (Å²) in [5.74, 6) is -0.0625. The molecule has 37 heavy (non-hydrogen) atoms. The molecule has 6 rings (SSSR count). The number of aliphatic hydroxyl groups is 1. The molecular weight excluding hydrogens is 655 g/mol. The largest absolute Gasteiger partial charge is 0.512 e. The second-order valence-corrected chi connectivity index (χ2v) is 10.8. The number of thiophene rings is 1. The standard InChI is InChI=1S/C27H22NS.C5H8O2.Ir/c1-16-7-8-21(11-17(16)2)27-22-15-24-23-12-18-5-3-4-6-19(18)13-25(23)29-26(24)14-20(22)9-10-28-27;1-4(6)3-5(2)7;/h7,9-15H,3-6H2,1-2H3;3,6H,1-2H3;/q-1;;/b;4-3-;. The summed E-state index contributed by atoms with van der Waals surface area (Å²) in [6.45, 7) is 7.14. The first-order valence-corrected chi connectivity index (χ1v) is 13.3. The number of hydrogen-bond acceptors (Lipinski definition) is 4. The average Bonchev–Trinajstić information content (AvgIpc) is 3.18. The molecule has 0 aliphatic heterocycles. The quantitative estimate of drug-likeness (QED) is 0.115. The van der Waals surface area contributed by atoms with Gasteiger partial charge in [-0.2, -0.15) is 0 Å². The molecular formula is C32H30IrNO2S-. The van der Waals surface area contributed by atoms with Crippen molar-refractivity contribution in [2.24, 2.45) is 0 Å². The van der Waals surface area contributed by atoms with E-state index in [9.17, 15) is 4.79 Å². The van der Waals surface area contributed by atoms with Gasteiger partial charge in [0.05, 0.1) is 5.76 Å². The average molecular weight is 685 g/mol. The van der Waals surface area contributed by atoms with Gasteiger partial charge in [0.2, 0.25) is 0 Å². The third-order valence-electron chi connectivity index (χ3n) is 6.91. The summed E-state index contributed by atoms with van der Waals surface area (Å²) < 4.78 is 2.79. The molecule has 0 atom stereocenters. The molecule has 1 aliphatic carbocycles. The summed E-state index contributed by atoms with van der Waals surface area (Å²) in [6, 6.07) is 19.5. The van der Waals surface area contributed by atoms with Crippen LogP contribution in [-0.4, -0.2) is 15.9 Å². The normalized spacial score (nSPS) is 13.1. The van der Waals surface area contributed by atoms with Crippen LogP contribution in [0.15, 0.2) is 60.5 Å². The predicted octanol–water partition coefficient (Wildman–Crippen LogP) is 8.60. The topological polar surface area (TPSA) is 50.2 Å². The van der Waals surface area contributed by atoms with Crippen LogP contribution in [0.5, 0.6) is 0 Å². The maximum atomic E-state index is 10.0. The molecule has 3 nitrogen and oxygen atoms in total. The smallest absolute Gasteiger partial charge is 0.155 e. The van der Waals surface area contributed by atoms with E-state index in [1.54, 1.807) is 11.1 Å². The molecule has 2 aromatic heterocycles. The van der Waals surface area contributed by atoms with Crippen LogP contribution in [0.3, 0.4) is 0 Å². The summed E-state index contributed by atoms with van der Waals surface area (Å²) >= 11 is 1.93. The van der Waals surface area contributed by atoms with E-state index in [-0.39, 0.29) is 31.6 Å². The van der Waals surface area contributed by atoms with Crippen molar-refractivity contribution < 1.29 is 30.0 Å². The van der Waals surface area contributed by atoms with Gasteiger partial charge in [-0.05, 0) is 91.4 Å². The molecule has 0 saturated carbocycles. The maximum Gasteiger partial charge on any atom is 0.155 e. The number of carbonyl (C=O) groups excluding carboxylic acids is 1. The molecule has 0 amide bonds. The number of rotatable bonds is 2. The Morgan fingerprint density at radius 3 is 2.27 bits per heavy atom. The van der Waals surface area contributed by atoms with Gasteiger partial charge >= 0.3 is 0 Å². The van der Waals surface area contributed by atoms with Crippen molar-refractivity contribution in [1.82, 2.24) is 4.98 Å². The van der Waals surface area contributed by atoms with E-state index in [4.69, 9.17) is 10.1 Å². The molecule has 0 spiro atoms. The van der Waals surface area contributed by atoms with Crippen molar-refractivity contribution in [3.8, 4) is 11.3 Å². The van der Waals surface area contributed by atoms with Crippen molar-refractivity contribution in [3.63, 3.8) is 0 Å². The van der Waals surface area contributed by atoms with Crippen molar-refractivity contribution in [1.29, 1.82) is 0 Å². The Hall–Kier alpha value is -2.85. The fourth-order valence-corrected chi connectivity index (χ4v) is 6.17. The maximum absolute atomic E-state index is 10.0. The zero-order chi connectivity index (χ0) is 25.4. The molecule has 5 heteroatoms. The minimum atomic E-state index is -0.125. The molecule has 0 fully saturated rings. The first kappa shape index (κ1) is 27.2. The Morgan fingerprint density at radius 1 is 0.946 bits per heavy atom. The van der Waals surface area contributed by atoms with Gasteiger partial charge in [-0.15, -0.1) is 46.2 Å². The molecule has 1 N–H and O–H groups in total. The molecule has 191 valence electrons. The number of aromatic nitrogens is 1. The Kier molecular flexibility index (Phi) is 8.28. The Labute approximate surface area is 235 Å². The number of benzene rings is 3. The number of nitrogens with zero attached hydrogens (tertiary/aromatic N) is 1. The second-order valence-electron chi connectivity index (χ2n) is 9.76. The summed E-state index contributed by atoms with van der Waals surface area (Å²) in [6.07, 6.45) is 8.20. The third kappa shape index (κ3) is 5.70. The number of aryl methyl sites for hydroxylation is 4. The third-order valence-corrected chi connectivity index (χ3v) is 8.03. The summed E-state index contributed by atoms with van der Waals surface area (Å²) in [5, 5.41) is 13.6. The van der Waals surface area contributed by atoms with E-state index in [1.807, 2.05) is 17.5 Å². The van der Waals surface area contributed by atoms with E-state index >= 15 is 0 Å². The van der Waals surface area contributed by atoms with Gasteiger partial charge in [0.15, 0.2) is 5.78 Å². The summed E-state index contributed by atoms with van der Waals surface area (Å²) in [5.41, 5.74) is 7.78. The van der Waals surface area contributed by atoms with Crippen molar-refractivity contribution >= 4 is 48.1 Å². The molecule has 0 unspecified atom stereocenters. The van der Waals surface area contributed by atoms with Gasteiger partial charge in [0.25, 0.3) is 0 Å². The van der Waals surface area contributed by atoms with Crippen LogP contribution in [0.1, 0.15) is 48.9 Å². The number of carbonyl (C=O) groups is 1. The first-order chi connectivity index (χ1) is 17.3. The van der Waals surface area contributed by atoms with E-state index in [0.717, 1.165) is 11.3 Å². The number of pyridine rings is 1. The van der Waals surface area contributed by atoms with Gasteiger partial charge in [-0.1, -0.05) is 19.9 Å². The molecule has 2 heterocycles. The molecule has 0 saturated heterocycles. The number of fused-ring (bicyclic) bond motifs is 5. The van der Waals surface area contributed by atoms with Gasteiger partial charge < -0.3 is 10.1 Å². The monoisotopic (exact) mass is 685 g/mol. The van der Waals surface area contributed by atoms with Crippen molar-refractivity contribution in [2.45, 2.75) is 53.4 Å². The summed E-state index contributed by atoms with van der Waals surface area (Å²) in [7, 11) is 0. The Bertz CT molecular complexity index is 1660. The zero-order valence-corrected chi connectivity index (χ0v) is 24.8. The number of aliphatic hydroxyl groups excluding tert-OH is 1. The molecule has 1 radical (unpaired) electrons. The van der Waals surface area contributed by atoms with Crippen LogP contribution in [0.2, 0.25) is 0 Å². The van der Waals surface area contributed by atoms with Gasteiger partial charge in [0.1, 0.15) is 0 Å². The van der Waals surface area contributed by atoms with Crippen LogP contribution in [0.25, 0.3) is 42.2 Å². The van der Waals surface area contributed by atoms with Crippen LogP contribution in [-0.2, 0) is 37.7 Å². The Morgan fingerprint density at radius 2 is 1.62 bits per heavy atom. The fourth-order valence-electron chi connectivity index (χ4n) is 4.99. The van der Waals surface area contributed by atoms with Crippen LogP contribution < -0.4 is 0 Å². The van der Waals surface area contributed by atoms with Crippen LogP contribution in [0, 0.1) is 19.9 Å². The first-order valence-electron chi connectivity index (χ1n) is 12.4. The van der Waals surface area contributed by atoms with E-state index in [0.29, 0.717) is 0 Å². The Balaban J connectivity index is 0.000000356. The fraction of sp³-hybridized carbons (Fsp3) is 0.250.